The second kappa shape index (κ2) is 4.93. The van der Waals surface area contributed by atoms with Crippen LogP contribution in [0.5, 0.6) is 11.8 Å². The van der Waals surface area contributed by atoms with E-state index >= 15 is 0 Å². The van der Waals surface area contributed by atoms with Crippen LogP contribution in [0.15, 0.2) is 30.3 Å². The van der Waals surface area contributed by atoms with Crippen LogP contribution in [0.4, 0.5) is 0 Å². The largest absolute Gasteiger partial charge is 0.424 e. The molecule has 0 saturated carbocycles. The molecular formula is C13H15N3O. The first-order valence-electron chi connectivity index (χ1n) is 5.46. The SMILES string of the molecule is Cc1ccc(Oc2nc(C)cc(CN)n2)cc1. The first-order valence-corrected chi connectivity index (χ1v) is 5.46. The van der Waals surface area contributed by atoms with Crippen LogP contribution in [0.2, 0.25) is 0 Å². The quantitative estimate of drug-likeness (QED) is 0.877. The number of benzene rings is 1. The Morgan fingerprint density at radius 3 is 2.47 bits per heavy atom. The lowest BCUT2D eigenvalue weighted by Crippen LogP contribution is -2.03. The van der Waals surface area contributed by atoms with Gasteiger partial charge in [-0.2, -0.15) is 4.98 Å². The van der Waals surface area contributed by atoms with E-state index in [2.05, 4.69) is 9.97 Å². The van der Waals surface area contributed by atoms with Crippen molar-refractivity contribution in [2.45, 2.75) is 20.4 Å². The standard InChI is InChI=1S/C13H15N3O/c1-9-3-5-12(6-4-9)17-13-15-10(2)7-11(8-14)16-13/h3-7H,8,14H2,1-2H3. The summed E-state index contributed by atoms with van der Waals surface area (Å²) >= 11 is 0. The molecule has 0 atom stereocenters. The maximum absolute atomic E-state index is 5.58. The highest BCUT2D eigenvalue weighted by molar-refractivity contribution is 5.28. The molecule has 2 N–H and O–H groups in total. The lowest BCUT2D eigenvalue weighted by Gasteiger charge is -2.06. The molecule has 4 heteroatoms. The molecule has 4 nitrogen and oxygen atoms in total. The van der Waals surface area contributed by atoms with Crippen molar-refractivity contribution in [1.29, 1.82) is 0 Å². The topological polar surface area (TPSA) is 61.0 Å². The molecule has 0 bridgehead atoms. The van der Waals surface area contributed by atoms with Crippen LogP contribution >= 0.6 is 0 Å². The Morgan fingerprint density at radius 2 is 1.82 bits per heavy atom. The van der Waals surface area contributed by atoms with Crippen molar-refractivity contribution in [3.05, 3.63) is 47.3 Å². The van der Waals surface area contributed by atoms with Gasteiger partial charge >= 0.3 is 6.01 Å². The third kappa shape index (κ3) is 3.01. The van der Waals surface area contributed by atoms with E-state index in [4.69, 9.17) is 10.5 Å². The molecule has 88 valence electrons. The first kappa shape index (κ1) is 11.5. The van der Waals surface area contributed by atoms with Gasteiger partial charge in [0.2, 0.25) is 0 Å². The zero-order valence-corrected chi connectivity index (χ0v) is 9.97. The maximum atomic E-state index is 5.58. The van der Waals surface area contributed by atoms with Crippen LogP contribution in [0.1, 0.15) is 17.0 Å². The van der Waals surface area contributed by atoms with Gasteiger partial charge in [0.05, 0.1) is 5.69 Å². The van der Waals surface area contributed by atoms with Crippen molar-refractivity contribution in [3.63, 3.8) is 0 Å². The molecule has 0 amide bonds. The molecule has 1 aromatic carbocycles. The zero-order valence-electron chi connectivity index (χ0n) is 9.97. The molecule has 0 radical (unpaired) electrons. The summed E-state index contributed by atoms with van der Waals surface area (Å²) in [4.78, 5) is 8.42. The first-order chi connectivity index (χ1) is 8.17. The van der Waals surface area contributed by atoms with Gasteiger partial charge in [-0.05, 0) is 32.0 Å². The van der Waals surface area contributed by atoms with Crippen LogP contribution in [0, 0.1) is 13.8 Å². The highest BCUT2D eigenvalue weighted by Gasteiger charge is 2.03. The molecule has 0 spiro atoms. The van der Waals surface area contributed by atoms with Crippen LogP contribution < -0.4 is 10.5 Å². The fourth-order valence-corrected chi connectivity index (χ4v) is 1.47. The van der Waals surface area contributed by atoms with Gasteiger partial charge in [0.1, 0.15) is 5.75 Å². The van der Waals surface area contributed by atoms with E-state index in [-0.39, 0.29) is 0 Å². The van der Waals surface area contributed by atoms with Gasteiger partial charge in [0.25, 0.3) is 0 Å². The number of nitrogens with zero attached hydrogens (tertiary/aromatic N) is 2. The van der Waals surface area contributed by atoms with Crippen molar-refractivity contribution in [2.75, 3.05) is 0 Å². The second-order valence-corrected chi connectivity index (χ2v) is 3.90. The van der Waals surface area contributed by atoms with Crippen LogP contribution in [0.3, 0.4) is 0 Å². The van der Waals surface area contributed by atoms with E-state index in [9.17, 15) is 0 Å². The number of rotatable bonds is 3. The van der Waals surface area contributed by atoms with Crippen molar-refractivity contribution in [3.8, 4) is 11.8 Å². The van der Waals surface area contributed by atoms with Crippen molar-refractivity contribution < 1.29 is 4.74 Å². The predicted molar refractivity (Wildman–Crippen MR) is 65.9 cm³/mol. The van der Waals surface area contributed by atoms with Gasteiger partial charge < -0.3 is 10.5 Å². The number of nitrogens with two attached hydrogens (primary N) is 1. The van der Waals surface area contributed by atoms with Gasteiger partial charge in [0, 0.05) is 12.2 Å². The normalized spacial score (nSPS) is 10.3. The fraction of sp³-hybridized carbons (Fsp3) is 0.231. The van der Waals surface area contributed by atoms with Gasteiger partial charge in [-0.15, -0.1) is 0 Å². The molecule has 1 aromatic heterocycles. The fourth-order valence-electron chi connectivity index (χ4n) is 1.47. The van der Waals surface area contributed by atoms with Crippen LogP contribution in [-0.4, -0.2) is 9.97 Å². The van der Waals surface area contributed by atoms with Gasteiger partial charge in [-0.25, -0.2) is 4.98 Å². The van der Waals surface area contributed by atoms with E-state index in [1.165, 1.54) is 5.56 Å². The van der Waals surface area contributed by atoms with Gasteiger partial charge in [-0.1, -0.05) is 17.7 Å². The Bertz CT molecular complexity index is 509. The molecule has 0 saturated heterocycles. The molecular weight excluding hydrogens is 214 g/mol. The summed E-state index contributed by atoms with van der Waals surface area (Å²) in [6.07, 6.45) is 0. The molecule has 0 aliphatic rings. The summed E-state index contributed by atoms with van der Waals surface area (Å²) in [6.45, 7) is 4.30. The van der Waals surface area contributed by atoms with E-state index in [1.54, 1.807) is 0 Å². The molecule has 0 aliphatic carbocycles. The minimum atomic E-state index is 0.342. The Balaban J connectivity index is 2.23. The van der Waals surface area contributed by atoms with Crippen molar-refractivity contribution >= 4 is 0 Å². The smallest absolute Gasteiger partial charge is 0.322 e. The average molecular weight is 229 g/mol. The minimum absolute atomic E-state index is 0.342. The van der Waals surface area contributed by atoms with Crippen LogP contribution in [-0.2, 0) is 6.54 Å². The highest BCUT2D eigenvalue weighted by Crippen LogP contribution is 2.18. The van der Waals surface area contributed by atoms with E-state index in [0.29, 0.717) is 12.6 Å². The molecule has 0 fully saturated rings. The zero-order chi connectivity index (χ0) is 12.3. The lowest BCUT2D eigenvalue weighted by molar-refractivity contribution is 0.438. The number of aromatic nitrogens is 2. The van der Waals surface area contributed by atoms with Crippen LogP contribution in [0.25, 0.3) is 0 Å². The summed E-state index contributed by atoms with van der Waals surface area (Å²) < 4.78 is 5.58. The molecule has 2 rings (SSSR count). The average Bonchev–Trinajstić information content (AvgIpc) is 2.31. The van der Waals surface area contributed by atoms with E-state index in [1.807, 2.05) is 44.2 Å². The number of aryl methyl sites for hydroxylation is 2. The highest BCUT2D eigenvalue weighted by atomic mass is 16.5. The minimum Gasteiger partial charge on any atom is -0.424 e. The lowest BCUT2D eigenvalue weighted by atomic mass is 10.2. The van der Waals surface area contributed by atoms with E-state index in [0.717, 1.165) is 17.1 Å². The Labute approximate surface area is 100 Å². The Kier molecular flexibility index (Phi) is 3.35. The number of hydrogen-bond donors (Lipinski definition) is 1. The summed E-state index contributed by atoms with van der Waals surface area (Å²) in [5.41, 5.74) is 8.37. The summed E-state index contributed by atoms with van der Waals surface area (Å²) in [7, 11) is 0. The number of hydrogen-bond acceptors (Lipinski definition) is 4. The van der Waals surface area contributed by atoms with Gasteiger partial charge in [0.15, 0.2) is 0 Å². The third-order valence-corrected chi connectivity index (χ3v) is 2.33. The predicted octanol–water partition coefficient (Wildman–Crippen LogP) is 2.34. The summed E-state index contributed by atoms with van der Waals surface area (Å²) in [5, 5.41) is 0. The molecule has 17 heavy (non-hydrogen) atoms. The molecule has 2 aromatic rings. The van der Waals surface area contributed by atoms with E-state index < -0.39 is 0 Å². The Morgan fingerprint density at radius 1 is 1.12 bits per heavy atom. The maximum Gasteiger partial charge on any atom is 0.322 e. The van der Waals surface area contributed by atoms with Gasteiger partial charge in [-0.3, -0.25) is 0 Å². The molecule has 1 heterocycles. The van der Waals surface area contributed by atoms with Crippen molar-refractivity contribution in [2.24, 2.45) is 5.73 Å². The molecule has 0 unspecified atom stereocenters. The molecule has 0 aliphatic heterocycles. The Hall–Kier alpha value is -1.94. The number of ether oxygens (including phenoxy) is 1. The summed E-state index contributed by atoms with van der Waals surface area (Å²) in [6, 6.07) is 9.94. The summed E-state index contributed by atoms with van der Waals surface area (Å²) in [5.74, 6) is 0.726. The third-order valence-electron chi connectivity index (χ3n) is 2.33. The second-order valence-electron chi connectivity index (χ2n) is 3.90. The van der Waals surface area contributed by atoms with Crippen molar-refractivity contribution in [1.82, 2.24) is 9.97 Å². The monoisotopic (exact) mass is 229 g/mol.